The number of para-hydroxylation sites is 1. The van der Waals surface area contributed by atoms with Gasteiger partial charge < -0.3 is 25.2 Å². The SMILES string of the molecule is CCCC(=O)N(CC1CC1)[C@@H]1CC(C(=O)NCCO)=C[C@H](Oc2ccccc2I)[C@H]1O. The molecule has 2 amide bonds. The zero-order valence-corrected chi connectivity index (χ0v) is 20.0. The van der Waals surface area contributed by atoms with Gasteiger partial charge in [0.05, 0.1) is 16.2 Å². The van der Waals surface area contributed by atoms with E-state index in [4.69, 9.17) is 9.84 Å². The van der Waals surface area contributed by atoms with E-state index in [1.54, 1.807) is 11.0 Å². The Morgan fingerprint density at radius 2 is 2.03 bits per heavy atom. The first-order chi connectivity index (χ1) is 14.9. The van der Waals surface area contributed by atoms with Crippen molar-refractivity contribution < 1.29 is 24.5 Å². The monoisotopic (exact) mass is 542 g/mol. The second-order valence-electron chi connectivity index (χ2n) is 8.19. The summed E-state index contributed by atoms with van der Waals surface area (Å²) in [5.41, 5.74) is 0.463. The molecular formula is C23H31IN2O5. The molecule has 0 saturated heterocycles. The second-order valence-corrected chi connectivity index (χ2v) is 9.35. The fourth-order valence-corrected chi connectivity index (χ4v) is 4.34. The molecular weight excluding hydrogens is 511 g/mol. The molecule has 0 spiro atoms. The number of hydrogen-bond acceptors (Lipinski definition) is 5. The number of carbonyl (C=O) groups excluding carboxylic acids is 2. The van der Waals surface area contributed by atoms with Crippen molar-refractivity contribution in [2.24, 2.45) is 5.92 Å². The molecule has 3 N–H and O–H groups in total. The molecule has 7 nitrogen and oxygen atoms in total. The third-order valence-electron chi connectivity index (χ3n) is 5.65. The van der Waals surface area contributed by atoms with Gasteiger partial charge in [-0.3, -0.25) is 9.59 Å². The Hall–Kier alpha value is -1.65. The summed E-state index contributed by atoms with van der Waals surface area (Å²) in [6, 6.07) is 6.95. The van der Waals surface area contributed by atoms with Gasteiger partial charge in [-0.15, -0.1) is 0 Å². The lowest BCUT2D eigenvalue weighted by molar-refractivity contribution is -0.139. The molecule has 31 heavy (non-hydrogen) atoms. The number of aliphatic hydroxyl groups excluding tert-OH is 2. The highest BCUT2D eigenvalue weighted by Crippen LogP contribution is 2.34. The van der Waals surface area contributed by atoms with Crippen LogP contribution in [0.2, 0.25) is 0 Å². The Bertz CT molecular complexity index is 811. The normalized spacial score (nSPS) is 23.1. The van der Waals surface area contributed by atoms with Gasteiger partial charge in [0, 0.05) is 31.5 Å². The molecule has 0 heterocycles. The lowest BCUT2D eigenvalue weighted by Gasteiger charge is -2.40. The van der Waals surface area contributed by atoms with Gasteiger partial charge in [0.15, 0.2) is 0 Å². The molecule has 170 valence electrons. The zero-order chi connectivity index (χ0) is 22.4. The average Bonchev–Trinajstić information content (AvgIpc) is 3.58. The van der Waals surface area contributed by atoms with Crippen LogP contribution >= 0.6 is 22.6 Å². The maximum Gasteiger partial charge on any atom is 0.247 e. The van der Waals surface area contributed by atoms with E-state index < -0.39 is 18.2 Å². The first kappa shape index (κ1) is 24.0. The lowest BCUT2D eigenvalue weighted by atomic mass is 9.87. The highest BCUT2D eigenvalue weighted by molar-refractivity contribution is 14.1. The fourth-order valence-electron chi connectivity index (χ4n) is 3.82. The molecule has 3 rings (SSSR count). The van der Waals surface area contributed by atoms with E-state index in [0.717, 1.165) is 22.8 Å². The zero-order valence-electron chi connectivity index (χ0n) is 17.8. The first-order valence-electron chi connectivity index (χ1n) is 10.9. The van der Waals surface area contributed by atoms with E-state index in [9.17, 15) is 14.7 Å². The molecule has 2 aliphatic rings. The van der Waals surface area contributed by atoms with E-state index in [0.29, 0.717) is 30.2 Å². The summed E-state index contributed by atoms with van der Waals surface area (Å²) < 4.78 is 7.02. The van der Waals surface area contributed by atoms with Crippen LogP contribution in [0.25, 0.3) is 0 Å². The summed E-state index contributed by atoms with van der Waals surface area (Å²) in [4.78, 5) is 27.4. The number of amides is 2. The van der Waals surface area contributed by atoms with Crippen molar-refractivity contribution in [2.45, 2.75) is 57.3 Å². The number of carbonyl (C=O) groups is 2. The van der Waals surface area contributed by atoms with Crippen LogP contribution in [0.15, 0.2) is 35.9 Å². The van der Waals surface area contributed by atoms with Gasteiger partial charge in [0.1, 0.15) is 18.0 Å². The number of nitrogens with one attached hydrogen (secondary N) is 1. The minimum Gasteiger partial charge on any atom is -0.482 e. The molecule has 2 aliphatic carbocycles. The summed E-state index contributed by atoms with van der Waals surface area (Å²) in [6.07, 6.45) is 3.49. The van der Waals surface area contributed by atoms with Crippen molar-refractivity contribution in [1.29, 1.82) is 0 Å². The third kappa shape index (κ3) is 6.43. The fraction of sp³-hybridized carbons (Fsp3) is 0.565. The van der Waals surface area contributed by atoms with Gasteiger partial charge in [-0.2, -0.15) is 0 Å². The van der Waals surface area contributed by atoms with Crippen molar-refractivity contribution in [3.8, 4) is 5.75 Å². The van der Waals surface area contributed by atoms with Crippen LogP contribution in [-0.2, 0) is 9.59 Å². The van der Waals surface area contributed by atoms with Crippen molar-refractivity contribution in [3.63, 3.8) is 0 Å². The molecule has 8 heteroatoms. The van der Waals surface area contributed by atoms with E-state index in [-0.39, 0.29) is 31.4 Å². The van der Waals surface area contributed by atoms with Gasteiger partial charge in [-0.1, -0.05) is 19.1 Å². The van der Waals surface area contributed by atoms with Crippen LogP contribution in [0, 0.1) is 9.49 Å². The third-order valence-corrected chi connectivity index (χ3v) is 6.54. The second kappa shape index (κ2) is 11.3. The Kier molecular flexibility index (Phi) is 8.74. The number of ether oxygens (including phenoxy) is 1. The van der Waals surface area contributed by atoms with Crippen LogP contribution in [0.3, 0.4) is 0 Å². The van der Waals surface area contributed by atoms with Gasteiger partial charge in [-0.25, -0.2) is 0 Å². The minimum absolute atomic E-state index is 0.00325. The number of nitrogens with zero attached hydrogens (tertiary/aromatic N) is 1. The van der Waals surface area contributed by atoms with Crippen molar-refractivity contribution in [3.05, 3.63) is 39.5 Å². The van der Waals surface area contributed by atoms with Crippen LogP contribution in [0.1, 0.15) is 39.0 Å². The van der Waals surface area contributed by atoms with Gasteiger partial charge in [-0.05, 0) is 66.0 Å². The smallest absolute Gasteiger partial charge is 0.247 e. The van der Waals surface area contributed by atoms with Gasteiger partial charge >= 0.3 is 0 Å². The number of rotatable bonds is 10. The van der Waals surface area contributed by atoms with Crippen molar-refractivity contribution in [1.82, 2.24) is 10.2 Å². The summed E-state index contributed by atoms with van der Waals surface area (Å²) in [5.74, 6) is 0.771. The molecule has 0 unspecified atom stereocenters. The van der Waals surface area contributed by atoms with Crippen molar-refractivity contribution >= 4 is 34.4 Å². The Morgan fingerprint density at radius 3 is 2.68 bits per heavy atom. The maximum absolute atomic E-state index is 12.9. The van der Waals surface area contributed by atoms with Crippen molar-refractivity contribution in [2.75, 3.05) is 19.7 Å². The molecule has 1 saturated carbocycles. The topological polar surface area (TPSA) is 99.1 Å². The van der Waals surface area contributed by atoms with Gasteiger partial charge in [0.2, 0.25) is 11.8 Å². The number of aliphatic hydroxyl groups is 2. The van der Waals surface area contributed by atoms with E-state index >= 15 is 0 Å². The molecule has 0 aliphatic heterocycles. The highest BCUT2D eigenvalue weighted by Gasteiger charge is 2.41. The Balaban J connectivity index is 1.89. The molecule has 1 aromatic carbocycles. The number of hydrogen-bond donors (Lipinski definition) is 3. The predicted molar refractivity (Wildman–Crippen MR) is 126 cm³/mol. The number of benzene rings is 1. The quantitative estimate of drug-likeness (QED) is 0.394. The van der Waals surface area contributed by atoms with E-state index in [1.165, 1.54) is 0 Å². The summed E-state index contributed by atoms with van der Waals surface area (Å²) in [5, 5.41) is 23.0. The standard InChI is InChI=1S/C23H31IN2O5/c1-2-5-21(28)26(14-15-8-9-15)18-12-16(23(30)25-10-11-27)13-20(22(18)29)31-19-7-4-3-6-17(19)24/h3-4,6-7,13,15,18,20,22,27,29H,2,5,8-12,14H2,1H3,(H,25,30)/t18-,20+,22+/m1/s1. The van der Waals surface area contributed by atoms with Crippen LogP contribution in [0.4, 0.5) is 0 Å². The largest absolute Gasteiger partial charge is 0.482 e. The predicted octanol–water partition coefficient (Wildman–Crippen LogP) is 2.25. The van der Waals surface area contributed by atoms with Crippen LogP contribution in [0.5, 0.6) is 5.75 Å². The summed E-state index contributed by atoms with van der Waals surface area (Å²) in [7, 11) is 0. The first-order valence-corrected chi connectivity index (χ1v) is 12.0. The summed E-state index contributed by atoms with van der Waals surface area (Å²) >= 11 is 2.17. The molecule has 1 fully saturated rings. The van der Waals surface area contributed by atoms with E-state index in [2.05, 4.69) is 27.9 Å². The van der Waals surface area contributed by atoms with Crippen LogP contribution < -0.4 is 10.1 Å². The van der Waals surface area contributed by atoms with E-state index in [1.807, 2.05) is 31.2 Å². The lowest BCUT2D eigenvalue weighted by Crippen LogP contribution is -2.55. The molecule has 0 aromatic heterocycles. The number of halogens is 1. The minimum atomic E-state index is -0.954. The highest BCUT2D eigenvalue weighted by atomic mass is 127. The molecule has 0 radical (unpaired) electrons. The van der Waals surface area contributed by atoms with Gasteiger partial charge in [0.25, 0.3) is 0 Å². The molecule has 3 atom stereocenters. The average molecular weight is 542 g/mol. The maximum atomic E-state index is 12.9. The molecule has 1 aromatic rings. The Morgan fingerprint density at radius 1 is 1.29 bits per heavy atom. The van der Waals surface area contributed by atoms with Crippen LogP contribution in [-0.4, -0.2) is 64.9 Å². The summed E-state index contributed by atoms with van der Waals surface area (Å²) in [6.45, 7) is 2.55. The Labute approximate surface area is 197 Å². The molecule has 0 bridgehead atoms.